The lowest BCUT2D eigenvalue weighted by atomic mass is 9.59. The smallest absolute Gasteiger partial charge is 0.161 e. The van der Waals surface area contributed by atoms with Crippen LogP contribution in [0.1, 0.15) is 52.9 Å². The SMILES string of the molecule is CC1CC(C)(C)CC2(CCC(=O)C2O)C1. The molecule has 0 radical (unpaired) electrons. The van der Waals surface area contributed by atoms with E-state index in [1.165, 1.54) is 6.42 Å². The molecule has 1 N–H and O–H groups in total. The minimum absolute atomic E-state index is 0.0694. The Balaban J connectivity index is 2.25. The maximum Gasteiger partial charge on any atom is 0.161 e. The van der Waals surface area contributed by atoms with E-state index in [0.717, 1.165) is 19.3 Å². The summed E-state index contributed by atoms with van der Waals surface area (Å²) in [4.78, 5) is 11.5. The molecule has 0 saturated heterocycles. The third-order valence-electron chi connectivity index (χ3n) is 4.24. The van der Waals surface area contributed by atoms with Gasteiger partial charge in [0, 0.05) is 11.8 Å². The summed E-state index contributed by atoms with van der Waals surface area (Å²) in [5.74, 6) is 0.703. The van der Waals surface area contributed by atoms with Gasteiger partial charge in [0.25, 0.3) is 0 Å². The highest BCUT2D eigenvalue weighted by molar-refractivity contribution is 5.86. The fraction of sp³-hybridized carbons (Fsp3) is 0.923. The highest BCUT2D eigenvalue weighted by Gasteiger charge is 2.52. The summed E-state index contributed by atoms with van der Waals surface area (Å²) in [7, 11) is 0. The minimum Gasteiger partial charge on any atom is -0.385 e. The molecule has 1 spiro atoms. The van der Waals surface area contributed by atoms with Crippen molar-refractivity contribution in [3.63, 3.8) is 0 Å². The topological polar surface area (TPSA) is 37.3 Å². The van der Waals surface area contributed by atoms with E-state index in [1.807, 2.05) is 0 Å². The molecule has 2 fully saturated rings. The Kier molecular flexibility index (Phi) is 2.45. The molecule has 0 bridgehead atoms. The zero-order valence-corrected chi connectivity index (χ0v) is 10.0. The molecule has 3 unspecified atom stereocenters. The largest absolute Gasteiger partial charge is 0.385 e. The fourth-order valence-corrected chi connectivity index (χ4v) is 4.19. The van der Waals surface area contributed by atoms with Crippen LogP contribution < -0.4 is 0 Å². The van der Waals surface area contributed by atoms with Gasteiger partial charge < -0.3 is 5.11 Å². The highest BCUT2D eigenvalue weighted by atomic mass is 16.3. The van der Waals surface area contributed by atoms with E-state index in [1.54, 1.807) is 0 Å². The molecule has 0 heterocycles. The zero-order valence-electron chi connectivity index (χ0n) is 10.0. The molecule has 2 rings (SSSR count). The summed E-state index contributed by atoms with van der Waals surface area (Å²) in [6, 6.07) is 0. The summed E-state index contributed by atoms with van der Waals surface area (Å²) >= 11 is 0. The van der Waals surface area contributed by atoms with Gasteiger partial charge in [0.1, 0.15) is 6.10 Å². The molecule has 2 aliphatic rings. The molecule has 0 amide bonds. The lowest BCUT2D eigenvalue weighted by Gasteiger charge is -2.47. The van der Waals surface area contributed by atoms with Crippen LogP contribution in [0.15, 0.2) is 0 Å². The standard InChI is InChI=1S/C13H22O2/c1-9-6-12(2,3)8-13(7-9)5-4-10(14)11(13)15/h9,11,15H,4-8H2,1-3H3. The molecule has 3 atom stereocenters. The van der Waals surface area contributed by atoms with Crippen molar-refractivity contribution in [2.45, 2.75) is 59.0 Å². The van der Waals surface area contributed by atoms with Crippen molar-refractivity contribution in [1.29, 1.82) is 0 Å². The van der Waals surface area contributed by atoms with Gasteiger partial charge in [-0.1, -0.05) is 20.8 Å². The molecular weight excluding hydrogens is 188 g/mol. The Labute approximate surface area is 92.1 Å². The van der Waals surface area contributed by atoms with Crippen LogP contribution >= 0.6 is 0 Å². The van der Waals surface area contributed by atoms with Crippen molar-refractivity contribution in [1.82, 2.24) is 0 Å². The van der Waals surface area contributed by atoms with Crippen LogP contribution in [0.25, 0.3) is 0 Å². The van der Waals surface area contributed by atoms with E-state index in [0.29, 0.717) is 12.3 Å². The lowest BCUT2D eigenvalue weighted by Crippen LogP contribution is -2.43. The number of Topliss-reactive ketones (excluding diaryl/α,β-unsaturated/α-hetero) is 1. The monoisotopic (exact) mass is 210 g/mol. The number of hydrogen-bond acceptors (Lipinski definition) is 2. The summed E-state index contributed by atoms with van der Waals surface area (Å²) < 4.78 is 0. The van der Waals surface area contributed by atoms with E-state index in [9.17, 15) is 9.90 Å². The molecule has 0 aromatic heterocycles. The second-order valence-corrected chi connectivity index (χ2v) is 6.59. The van der Waals surface area contributed by atoms with E-state index in [-0.39, 0.29) is 16.6 Å². The van der Waals surface area contributed by atoms with Gasteiger partial charge in [-0.2, -0.15) is 0 Å². The van der Waals surface area contributed by atoms with E-state index >= 15 is 0 Å². The molecule has 0 aromatic carbocycles. The van der Waals surface area contributed by atoms with Crippen LogP contribution in [0.4, 0.5) is 0 Å². The molecule has 2 nitrogen and oxygen atoms in total. The maximum atomic E-state index is 11.5. The van der Waals surface area contributed by atoms with Gasteiger partial charge in [-0.05, 0) is 37.0 Å². The lowest BCUT2D eigenvalue weighted by molar-refractivity contribution is -0.130. The molecule has 2 heteroatoms. The predicted molar refractivity (Wildman–Crippen MR) is 59.5 cm³/mol. The number of ketones is 1. The van der Waals surface area contributed by atoms with Crippen LogP contribution in [0, 0.1) is 16.7 Å². The number of carbonyl (C=O) groups is 1. The Morgan fingerprint density at radius 1 is 1.33 bits per heavy atom. The van der Waals surface area contributed by atoms with Crippen molar-refractivity contribution in [3.05, 3.63) is 0 Å². The normalized spacial score (nSPS) is 44.9. The maximum absolute atomic E-state index is 11.5. The first-order valence-electron chi connectivity index (χ1n) is 6.05. The third kappa shape index (κ3) is 1.84. The van der Waals surface area contributed by atoms with Crippen molar-refractivity contribution >= 4 is 5.78 Å². The second kappa shape index (κ2) is 3.31. The average molecular weight is 210 g/mol. The molecule has 0 aromatic rings. The van der Waals surface area contributed by atoms with Gasteiger partial charge in [-0.15, -0.1) is 0 Å². The van der Waals surface area contributed by atoms with Gasteiger partial charge in [0.2, 0.25) is 0 Å². The third-order valence-corrected chi connectivity index (χ3v) is 4.24. The number of carbonyl (C=O) groups excluding carboxylic acids is 1. The number of aliphatic hydroxyl groups is 1. The van der Waals surface area contributed by atoms with Crippen molar-refractivity contribution in [2.24, 2.45) is 16.7 Å². The number of hydrogen-bond donors (Lipinski definition) is 1. The highest BCUT2D eigenvalue weighted by Crippen LogP contribution is 2.55. The molecule has 2 saturated carbocycles. The first kappa shape index (κ1) is 11.1. The first-order valence-corrected chi connectivity index (χ1v) is 6.05. The van der Waals surface area contributed by atoms with E-state index < -0.39 is 6.10 Å². The zero-order chi connectivity index (χ0) is 11.3. The summed E-state index contributed by atoms with van der Waals surface area (Å²) in [6.45, 7) is 6.78. The molecule has 15 heavy (non-hydrogen) atoms. The van der Waals surface area contributed by atoms with Gasteiger partial charge in [-0.25, -0.2) is 0 Å². The van der Waals surface area contributed by atoms with E-state index in [4.69, 9.17) is 0 Å². The molecule has 86 valence electrons. The summed E-state index contributed by atoms with van der Waals surface area (Å²) in [5, 5.41) is 10.1. The Morgan fingerprint density at radius 2 is 2.00 bits per heavy atom. The Hall–Kier alpha value is -0.370. The summed E-state index contributed by atoms with van der Waals surface area (Å²) in [6.07, 6.45) is 4.07. The first-order chi connectivity index (χ1) is 6.85. The Morgan fingerprint density at radius 3 is 2.47 bits per heavy atom. The van der Waals surface area contributed by atoms with Crippen molar-refractivity contribution in [3.8, 4) is 0 Å². The fourth-order valence-electron chi connectivity index (χ4n) is 4.19. The van der Waals surface area contributed by atoms with Crippen molar-refractivity contribution in [2.75, 3.05) is 0 Å². The van der Waals surface area contributed by atoms with Gasteiger partial charge in [0.15, 0.2) is 5.78 Å². The minimum atomic E-state index is -0.681. The van der Waals surface area contributed by atoms with Gasteiger partial charge >= 0.3 is 0 Å². The van der Waals surface area contributed by atoms with Crippen LogP contribution in [0.3, 0.4) is 0 Å². The Bertz CT molecular complexity index is 282. The van der Waals surface area contributed by atoms with Gasteiger partial charge in [-0.3, -0.25) is 4.79 Å². The number of rotatable bonds is 0. The van der Waals surface area contributed by atoms with Crippen molar-refractivity contribution < 1.29 is 9.90 Å². The molecule has 2 aliphatic carbocycles. The van der Waals surface area contributed by atoms with Crippen LogP contribution in [0.5, 0.6) is 0 Å². The van der Waals surface area contributed by atoms with Gasteiger partial charge in [0.05, 0.1) is 0 Å². The van der Waals surface area contributed by atoms with Crippen LogP contribution in [0.2, 0.25) is 0 Å². The second-order valence-electron chi connectivity index (χ2n) is 6.59. The van der Waals surface area contributed by atoms with Crippen LogP contribution in [-0.4, -0.2) is 17.0 Å². The van der Waals surface area contributed by atoms with E-state index in [2.05, 4.69) is 20.8 Å². The van der Waals surface area contributed by atoms with Crippen LogP contribution in [-0.2, 0) is 4.79 Å². The quantitative estimate of drug-likeness (QED) is 0.667. The summed E-state index contributed by atoms with van der Waals surface area (Å²) in [5.41, 5.74) is 0.196. The predicted octanol–water partition coefficient (Wildman–Crippen LogP) is 2.54. The molecule has 0 aliphatic heterocycles. The molecular formula is C13H22O2. The number of aliphatic hydroxyl groups excluding tert-OH is 1. The average Bonchev–Trinajstić information content (AvgIpc) is 2.30.